The Morgan fingerprint density at radius 3 is 2.80 bits per heavy atom. The molecule has 3 nitrogen and oxygen atoms in total. The van der Waals surface area contributed by atoms with Crippen LogP contribution in [0.25, 0.3) is 0 Å². The SMILES string of the molecule is Cc1ccccc1C1(C(=O)OC[C@@H]2CCCCO2)CC1. The van der Waals surface area contributed by atoms with Crippen molar-refractivity contribution >= 4 is 5.97 Å². The van der Waals surface area contributed by atoms with Gasteiger partial charge in [-0.2, -0.15) is 0 Å². The fraction of sp³-hybridized carbons (Fsp3) is 0.588. The van der Waals surface area contributed by atoms with Gasteiger partial charge in [0.1, 0.15) is 6.61 Å². The van der Waals surface area contributed by atoms with E-state index in [1.165, 1.54) is 12.0 Å². The zero-order valence-electron chi connectivity index (χ0n) is 12.1. The molecule has 2 fully saturated rings. The van der Waals surface area contributed by atoms with Crippen molar-refractivity contribution in [3.05, 3.63) is 35.4 Å². The predicted octanol–water partition coefficient (Wildman–Crippen LogP) is 3.14. The Hall–Kier alpha value is -1.35. The number of carbonyl (C=O) groups excluding carboxylic acids is 1. The summed E-state index contributed by atoms with van der Waals surface area (Å²) in [5, 5.41) is 0. The molecule has 0 amide bonds. The topological polar surface area (TPSA) is 35.5 Å². The normalized spacial score (nSPS) is 24.1. The number of esters is 1. The van der Waals surface area contributed by atoms with Crippen molar-refractivity contribution in [2.75, 3.05) is 13.2 Å². The Balaban J connectivity index is 1.63. The molecule has 2 aliphatic rings. The van der Waals surface area contributed by atoms with Crippen LogP contribution in [0.5, 0.6) is 0 Å². The lowest BCUT2D eigenvalue weighted by Gasteiger charge is -2.24. The highest BCUT2D eigenvalue weighted by Gasteiger charge is 2.53. The van der Waals surface area contributed by atoms with E-state index in [1.807, 2.05) is 12.1 Å². The summed E-state index contributed by atoms with van der Waals surface area (Å²) in [5.41, 5.74) is 1.94. The molecule has 0 aromatic heterocycles. The first-order valence-corrected chi connectivity index (χ1v) is 7.57. The molecular formula is C17H22O3. The monoisotopic (exact) mass is 274 g/mol. The van der Waals surface area contributed by atoms with Crippen molar-refractivity contribution in [2.45, 2.75) is 50.5 Å². The second kappa shape index (κ2) is 5.57. The van der Waals surface area contributed by atoms with Crippen LogP contribution in [-0.2, 0) is 19.7 Å². The third kappa shape index (κ3) is 2.59. The predicted molar refractivity (Wildman–Crippen MR) is 76.6 cm³/mol. The smallest absolute Gasteiger partial charge is 0.316 e. The second-order valence-electron chi connectivity index (χ2n) is 5.98. The van der Waals surface area contributed by atoms with Gasteiger partial charge in [-0.3, -0.25) is 4.79 Å². The van der Waals surface area contributed by atoms with Gasteiger partial charge in [-0.05, 0) is 50.2 Å². The maximum absolute atomic E-state index is 12.4. The Labute approximate surface area is 120 Å². The maximum atomic E-state index is 12.4. The van der Waals surface area contributed by atoms with Crippen LogP contribution in [0.2, 0.25) is 0 Å². The minimum absolute atomic E-state index is 0.0685. The summed E-state index contributed by atoms with van der Waals surface area (Å²) in [7, 11) is 0. The third-order valence-electron chi connectivity index (χ3n) is 4.48. The molecule has 108 valence electrons. The van der Waals surface area contributed by atoms with Gasteiger partial charge in [-0.1, -0.05) is 24.3 Å². The van der Waals surface area contributed by atoms with Gasteiger partial charge in [0.05, 0.1) is 11.5 Å². The van der Waals surface area contributed by atoms with Crippen LogP contribution in [0.1, 0.15) is 43.2 Å². The van der Waals surface area contributed by atoms with Crippen LogP contribution >= 0.6 is 0 Å². The second-order valence-corrected chi connectivity index (χ2v) is 5.98. The molecule has 0 N–H and O–H groups in total. The molecular weight excluding hydrogens is 252 g/mol. The first kappa shape index (κ1) is 13.6. The zero-order valence-corrected chi connectivity index (χ0v) is 12.1. The molecule has 3 rings (SSSR count). The summed E-state index contributed by atoms with van der Waals surface area (Å²) in [5.74, 6) is -0.0685. The van der Waals surface area contributed by atoms with Gasteiger partial charge in [-0.25, -0.2) is 0 Å². The van der Waals surface area contributed by atoms with Crippen molar-refractivity contribution in [2.24, 2.45) is 0 Å². The average molecular weight is 274 g/mol. The molecule has 0 bridgehead atoms. The first-order chi connectivity index (χ1) is 9.72. The largest absolute Gasteiger partial charge is 0.462 e. The molecule has 0 unspecified atom stereocenters. The number of hydrogen-bond acceptors (Lipinski definition) is 3. The molecule has 0 spiro atoms. The summed E-state index contributed by atoms with van der Waals surface area (Å²) in [6.45, 7) is 3.27. The number of benzene rings is 1. The first-order valence-electron chi connectivity index (χ1n) is 7.57. The van der Waals surface area contributed by atoms with E-state index in [0.29, 0.717) is 6.61 Å². The Morgan fingerprint density at radius 1 is 1.35 bits per heavy atom. The quantitative estimate of drug-likeness (QED) is 0.791. The molecule has 1 aromatic carbocycles. The summed E-state index contributed by atoms with van der Waals surface area (Å²) in [6, 6.07) is 8.13. The van der Waals surface area contributed by atoms with E-state index in [1.54, 1.807) is 0 Å². The van der Waals surface area contributed by atoms with Gasteiger partial charge in [0.15, 0.2) is 0 Å². The standard InChI is InChI=1S/C17H22O3/c1-13-6-2-3-8-15(13)17(9-10-17)16(18)20-12-14-7-4-5-11-19-14/h2-3,6,8,14H,4-5,7,9-12H2,1H3/t14-/m0/s1. The van der Waals surface area contributed by atoms with Crippen molar-refractivity contribution in [3.8, 4) is 0 Å². The molecule has 1 aliphatic carbocycles. The van der Waals surface area contributed by atoms with Crippen LogP contribution in [0.4, 0.5) is 0 Å². The Bertz CT molecular complexity index is 485. The molecule has 0 radical (unpaired) electrons. The highest BCUT2D eigenvalue weighted by Crippen LogP contribution is 2.50. The number of hydrogen-bond donors (Lipinski definition) is 0. The van der Waals surface area contributed by atoms with Gasteiger partial charge < -0.3 is 9.47 Å². The zero-order chi connectivity index (χ0) is 14.0. The van der Waals surface area contributed by atoms with E-state index in [4.69, 9.17) is 9.47 Å². The van der Waals surface area contributed by atoms with Crippen LogP contribution in [0, 0.1) is 6.92 Å². The van der Waals surface area contributed by atoms with Gasteiger partial charge in [0.25, 0.3) is 0 Å². The summed E-state index contributed by atoms with van der Waals surface area (Å²) in [4.78, 5) is 12.4. The van der Waals surface area contributed by atoms with Crippen molar-refractivity contribution in [1.82, 2.24) is 0 Å². The van der Waals surface area contributed by atoms with Crippen molar-refractivity contribution in [3.63, 3.8) is 0 Å². The lowest BCUT2D eigenvalue weighted by molar-refractivity contribution is -0.152. The Kier molecular flexibility index (Phi) is 3.79. The minimum atomic E-state index is -0.375. The maximum Gasteiger partial charge on any atom is 0.316 e. The number of aryl methyl sites for hydroxylation is 1. The van der Waals surface area contributed by atoms with Crippen LogP contribution in [0.3, 0.4) is 0 Å². The van der Waals surface area contributed by atoms with E-state index < -0.39 is 0 Å². The fourth-order valence-electron chi connectivity index (χ4n) is 3.06. The van der Waals surface area contributed by atoms with E-state index in [-0.39, 0.29) is 17.5 Å². The lowest BCUT2D eigenvalue weighted by atomic mass is 9.92. The van der Waals surface area contributed by atoms with Gasteiger partial charge in [-0.15, -0.1) is 0 Å². The van der Waals surface area contributed by atoms with Crippen LogP contribution in [0.15, 0.2) is 24.3 Å². The third-order valence-corrected chi connectivity index (χ3v) is 4.48. The number of ether oxygens (including phenoxy) is 2. The molecule has 1 saturated carbocycles. The molecule has 1 atom stereocenters. The molecule has 20 heavy (non-hydrogen) atoms. The summed E-state index contributed by atoms with van der Waals surface area (Å²) >= 11 is 0. The number of carbonyl (C=O) groups is 1. The highest BCUT2D eigenvalue weighted by atomic mass is 16.6. The van der Waals surface area contributed by atoms with Crippen LogP contribution < -0.4 is 0 Å². The van der Waals surface area contributed by atoms with E-state index in [2.05, 4.69) is 19.1 Å². The minimum Gasteiger partial charge on any atom is -0.462 e. The molecule has 1 aliphatic heterocycles. The van der Waals surface area contributed by atoms with E-state index in [0.717, 1.165) is 37.9 Å². The van der Waals surface area contributed by atoms with Gasteiger partial charge in [0.2, 0.25) is 0 Å². The lowest BCUT2D eigenvalue weighted by Crippen LogP contribution is -2.30. The Morgan fingerprint density at radius 2 is 2.15 bits per heavy atom. The van der Waals surface area contributed by atoms with E-state index >= 15 is 0 Å². The molecule has 1 heterocycles. The van der Waals surface area contributed by atoms with Crippen molar-refractivity contribution < 1.29 is 14.3 Å². The molecule has 1 aromatic rings. The average Bonchev–Trinajstić information content (AvgIpc) is 3.28. The fourth-order valence-corrected chi connectivity index (χ4v) is 3.06. The summed E-state index contributed by atoms with van der Waals surface area (Å²) in [6.07, 6.45) is 5.21. The number of rotatable bonds is 4. The van der Waals surface area contributed by atoms with Gasteiger partial charge >= 0.3 is 5.97 Å². The van der Waals surface area contributed by atoms with E-state index in [9.17, 15) is 4.79 Å². The van der Waals surface area contributed by atoms with Crippen molar-refractivity contribution in [1.29, 1.82) is 0 Å². The van der Waals surface area contributed by atoms with Gasteiger partial charge in [0, 0.05) is 6.61 Å². The molecule has 1 saturated heterocycles. The summed E-state index contributed by atoms with van der Waals surface area (Å²) < 4.78 is 11.2. The highest BCUT2D eigenvalue weighted by molar-refractivity contribution is 5.87. The molecule has 3 heteroatoms. The van der Waals surface area contributed by atoms with Crippen LogP contribution in [-0.4, -0.2) is 25.3 Å².